The van der Waals surface area contributed by atoms with Crippen LogP contribution < -0.4 is 5.32 Å². The van der Waals surface area contributed by atoms with Crippen LogP contribution in [0.15, 0.2) is 18.2 Å². The lowest BCUT2D eigenvalue weighted by molar-refractivity contribution is -0.118. The number of ether oxygens (including phenoxy) is 1. The van der Waals surface area contributed by atoms with Crippen LogP contribution in [0.3, 0.4) is 0 Å². The first-order chi connectivity index (χ1) is 10.4. The quantitative estimate of drug-likeness (QED) is 0.697. The summed E-state index contributed by atoms with van der Waals surface area (Å²) in [7, 11) is -1.38. The van der Waals surface area contributed by atoms with Crippen molar-refractivity contribution in [3.8, 4) is 0 Å². The Balaban J connectivity index is 2.28. The van der Waals surface area contributed by atoms with E-state index in [4.69, 9.17) is 16.3 Å². The first-order valence-electron chi connectivity index (χ1n) is 7.05. The Morgan fingerprint density at radius 1 is 1.45 bits per heavy atom. The molecule has 4 nitrogen and oxygen atoms in total. The zero-order valence-corrected chi connectivity index (χ0v) is 14.3. The van der Waals surface area contributed by atoms with E-state index in [1.54, 1.807) is 0 Å². The molecule has 0 unspecified atom stereocenters. The monoisotopic (exact) mass is 349 g/mol. The standard InChI is InChI=1S/C15H21ClFNO3S/c1-11(2)21-7-3-6-18-15(19)10-22(20)9-12-4-5-13(17)8-14(12)16/h4-5,8,11H,3,6-7,9-10H2,1-2H3,(H,18,19)/t22-/m1/s1. The van der Waals surface area contributed by atoms with Crippen molar-refractivity contribution in [2.75, 3.05) is 18.9 Å². The number of carbonyl (C=O) groups is 1. The Labute approximate surface area is 137 Å². The van der Waals surface area contributed by atoms with Crippen LogP contribution in [-0.2, 0) is 26.1 Å². The van der Waals surface area contributed by atoms with Gasteiger partial charge in [0.1, 0.15) is 11.6 Å². The van der Waals surface area contributed by atoms with Crippen molar-refractivity contribution in [2.45, 2.75) is 32.1 Å². The number of hydrogen-bond acceptors (Lipinski definition) is 3. The smallest absolute Gasteiger partial charge is 0.232 e. The third-order valence-corrected chi connectivity index (χ3v) is 4.29. The molecule has 1 rings (SSSR count). The van der Waals surface area contributed by atoms with Gasteiger partial charge in [0.25, 0.3) is 0 Å². The maximum atomic E-state index is 12.9. The Kier molecular flexibility index (Phi) is 8.60. The Morgan fingerprint density at radius 2 is 2.18 bits per heavy atom. The van der Waals surface area contributed by atoms with Gasteiger partial charge in [0, 0.05) is 29.0 Å². The predicted octanol–water partition coefficient (Wildman–Crippen LogP) is 2.66. The van der Waals surface area contributed by atoms with E-state index in [1.165, 1.54) is 18.2 Å². The molecule has 124 valence electrons. The number of carbonyl (C=O) groups excluding carboxylic acids is 1. The molecule has 1 amide bonds. The number of benzene rings is 1. The van der Waals surface area contributed by atoms with Gasteiger partial charge in [0.05, 0.1) is 11.9 Å². The summed E-state index contributed by atoms with van der Waals surface area (Å²) in [6, 6.07) is 3.91. The summed E-state index contributed by atoms with van der Waals surface area (Å²) in [5.74, 6) is -0.691. The molecule has 22 heavy (non-hydrogen) atoms. The van der Waals surface area contributed by atoms with Gasteiger partial charge >= 0.3 is 0 Å². The van der Waals surface area contributed by atoms with Crippen LogP contribution in [0.2, 0.25) is 5.02 Å². The third kappa shape index (κ3) is 7.87. The van der Waals surface area contributed by atoms with Gasteiger partial charge in [-0.05, 0) is 38.0 Å². The van der Waals surface area contributed by atoms with E-state index in [0.29, 0.717) is 25.1 Å². The maximum Gasteiger partial charge on any atom is 0.232 e. The average Bonchev–Trinajstić information content (AvgIpc) is 2.41. The van der Waals surface area contributed by atoms with Gasteiger partial charge in [-0.15, -0.1) is 0 Å². The molecule has 0 heterocycles. The Morgan fingerprint density at radius 3 is 2.82 bits per heavy atom. The Hall–Kier alpha value is -0.980. The minimum Gasteiger partial charge on any atom is -0.379 e. The first-order valence-corrected chi connectivity index (χ1v) is 8.92. The van der Waals surface area contributed by atoms with Crippen molar-refractivity contribution in [3.05, 3.63) is 34.6 Å². The van der Waals surface area contributed by atoms with Crippen LogP contribution in [0.1, 0.15) is 25.8 Å². The number of rotatable bonds is 9. The average molecular weight is 350 g/mol. The fraction of sp³-hybridized carbons (Fsp3) is 0.533. The number of hydrogen-bond donors (Lipinski definition) is 1. The van der Waals surface area contributed by atoms with E-state index in [9.17, 15) is 13.4 Å². The number of halogens is 2. The molecule has 1 atom stereocenters. The summed E-state index contributed by atoms with van der Waals surface area (Å²) < 4.78 is 30.2. The molecule has 0 aliphatic heterocycles. The SMILES string of the molecule is CC(C)OCCCNC(=O)C[S@](=O)Cc1ccc(F)cc1Cl. The molecular weight excluding hydrogens is 329 g/mol. The molecule has 0 aromatic heterocycles. The van der Waals surface area contributed by atoms with Gasteiger partial charge in [-0.1, -0.05) is 17.7 Å². The second-order valence-electron chi connectivity index (χ2n) is 5.09. The van der Waals surface area contributed by atoms with E-state index in [-0.39, 0.29) is 28.5 Å². The molecule has 0 aliphatic carbocycles. The van der Waals surface area contributed by atoms with E-state index in [2.05, 4.69) is 5.32 Å². The highest BCUT2D eigenvalue weighted by molar-refractivity contribution is 7.84. The number of amides is 1. The molecule has 1 aromatic carbocycles. The molecule has 1 N–H and O–H groups in total. The summed E-state index contributed by atoms with van der Waals surface area (Å²) in [6.45, 7) is 4.96. The van der Waals surface area contributed by atoms with E-state index in [0.717, 1.165) is 0 Å². The lowest BCUT2D eigenvalue weighted by Crippen LogP contribution is -2.30. The van der Waals surface area contributed by atoms with Crippen LogP contribution >= 0.6 is 11.6 Å². The van der Waals surface area contributed by atoms with Crippen LogP contribution in [0.5, 0.6) is 0 Å². The van der Waals surface area contributed by atoms with Crippen molar-refractivity contribution < 1.29 is 18.1 Å². The zero-order chi connectivity index (χ0) is 16.5. The molecule has 0 aliphatic rings. The summed E-state index contributed by atoms with van der Waals surface area (Å²) in [6.07, 6.45) is 0.879. The number of nitrogens with one attached hydrogen (secondary N) is 1. The van der Waals surface area contributed by atoms with E-state index < -0.39 is 16.6 Å². The third-order valence-electron chi connectivity index (χ3n) is 2.72. The summed E-state index contributed by atoms with van der Waals surface area (Å²) in [5.41, 5.74) is 0.569. The molecule has 0 fully saturated rings. The largest absolute Gasteiger partial charge is 0.379 e. The van der Waals surface area contributed by atoms with Crippen molar-refractivity contribution in [1.29, 1.82) is 0 Å². The summed E-state index contributed by atoms with van der Waals surface area (Å²) in [5, 5.41) is 2.91. The minimum absolute atomic E-state index is 0.0985. The van der Waals surface area contributed by atoms with Crippen LogP contribution in [0.4, 0.5) is 4.39 Å². The highest BCUT2D eigenvalue weighted by atomic mass is 35.5. The molecule has 0 spiro atoms. The highest BCUT2D eigenvalue weighted by Crippen LogP contribution is 2.18. The maximum absolute atomic E-state index is 12.9. The zero-order valence-electron chi connectivity index (χ0n) is 12.7. The lowest BCUT2D eigenvalue weighted by atomic mass is 10.2. The van der Waals surface area contributed by atoms with Gasteiger partial charge in [-0.2, -0.15) is 0 Å². The predicted molar refractivity (Wildman–Crippen MR) is 86.8 cm³/mol. The van der Waals surface area contributed by atoms with Gasteiger partial charge in [0.2, 0.25) is 5.91 Å². The van der Waals surface area contributed by atoms with Crippen molar-refractivity contribution in [1.82, 2.24) is 5.32 Å². The fourth-order valence-corrected chi connectivity index (χ4v) is 3.09. The molecule has 7 heteroatoms. The van der Waals surface area contributed by atoms with Crippen LogP contribution in [0.25, 0.3) is 0 Å². The second kappa shape index (κ2) is 9.92. The van der Waals surface area contributed by atoms with Crippen molar-refractivity contribution >= 4 is 28.3 Å². The summed E-state index contributed by atoms with van der Waals surface area (Å²) in [4.78, 5) is 11.6. The molecule has 0 saturated heterocycles. The van der Waals surface area contributed by atoms with Crippen LogP contribution in [0, 0.1) is 5.82 Å². The van der Waals surface area contributed by atoms with Gasteiger partial charge < -0.3 is 10.1 Å². The minimum atomic E-state index is -1.38. The first kappa shape index (κ1) is 19.1. The summed E-state index contributed by atoms with van der Waals surface area (Å²) >= 11 is 5.87. The molecule has 0 radical (unpaired) electrons. The highest BCUT2D eigenvalue weighted by Gasteiger charge is 2.11. The second-order valence-corrected chi connectivity index (χ2v) is 6.95. The van der Waals surface area contributed by atoms with Crippen LogP contribution in [-0.4, -0.2) is 35.1 Å². The van der Waals surface area contributed by atoms with E-state index in [1.807, 2.05) is 13.8 Å². The van der Waals surface area contributed by atoms with Gasteiger partial charge in [-0.3, -0.25) is 9.00 Å². The lowest BCUT2D eigenvalue weighted by Gasteiger charge is -2.08. The van der Waals surface area contributed by atoms with Gasteiger partial charge in [0.15, 0.2) is 0 Å². The van der Waals surface area contributed by atoms with Gasteiger partial charge in [-0.25, -0.2) is 4.39 Å². The van der Waals surface area contributed by atoms with Crippen molar-refractivity contribution in [2.24, 2.45) is 0 Å². The van der Waals surface area contributed by atoms with Crippen molar-refractivity contribution in [3.63, 3.8) is 0 Å². The molecular formula is C15H21ClFNO3S. The fourth-order valence-electron chi connectivity index (χ4n) is 1.68. The van der Waals surface area contributed by atoms with E-state index >= 15 is 0 Å². The molecule has 1 aromatic rings. The topological polar surface area (TPSA) is 55.4 Å². The molecule has 0 saturated carbocycles. The molecule has 0 bridgehead atoms. The Bertz CT molecular complexity index is 526. The normalized spacial score (nSPS) is 12.4.